The summed E-state index contributed by atoms with van der Waals surface area (Å²) in [5.74, 6) is 0.896. The third-order valence-electron chi connectivity index (χ3n) is 6.28. The number of anilines is 1. The maximum atomic E-state index is 13.5. The lowest BCUT2D eigenvalue weighted by molar-refractivity contribution is -0.122. The SMILES string of the molecule is COc1ccc(/C=N/N=C2\S/C(=C\c3ccccc3OCC(=O)Nc3ccc(S(N)(=O)=O)cc3)C(=O)N2Cc2ccco2)cc1. The number of nitrogens with one attached hydrogen (secondary N) is 1. The molecule has 14 heteroatoms. The Morgan fingerprint density at radius 1 is 1.04 bits per heavy atom. The van der Waals surface area contributed by atoms with Gasteiger partial charge in [0.05, 0.1) is 35.9 Å². The minimum Gasteiger partial charge on any atom is -0.497 e. The number of para-hydroxylation sites is 1. The van der Waals surface area contributed by atoms with Crippen LogP contribution in [-0.2, 0) is 26.2 Å². The molecule has 0 unspecified atom stereocenters. The Hall–Kier alpha value is -5.18. The van der Waals surface area contributed by atoms with Gasteiger partial charge in [0.2, 0.25) is 10.0 Å². The number of amidine groups is 1. The molecule has 3 aromatic carbocycles. The van der Waals surface area contributed by atoms with E-state index in [1.54, 1.807) is 55.8 Å². The van der Waals surface area contributed by atoms with Gasteiger partial charge in [0.15, 0.2) is 11.8 Å². The summed E-state index contributed by atoms with van der Waals surface area (Å²) in [5, 5.41) is 16.6. The van der Waals surface area contributed by atoms with E-state index in [1.165, 1.54) is 35.4 Å². The number of carbonyl (C=O) groups excluding carboxylic acids is 2. The van der Waals surface area contributed by atoms with Gasteiger partial charge in [0, 0.05) is 11.3 Å². The fourth-order valence-corrected chi connectivity index (χ4v) is 5.50. The summed E-state index contributed by atoms with van der Waals surface area (Å²) >= 11 is 1.15. The average molecular weight is 646 g/mol. The largest absolute Gasteiger partial charge is 0.497 e. The van der Waals surface area contributed by atoms with Crippen LogP contribution in [0, 0.1) is 0 Å². The van der Waals surface area contributed by atoms with Crippen molar-refractivity contribution in [2.45, 2.75) is 11.4 Å². The average Bonchev–Trinajstić information content (AvgIpc) is 3.65. The number of primary sulfonamides is 1. The van der Waals surface area contributed by atoms with Crippen molar-refractivity contribution in [2.75, 3.05) is 19.0 Å². The van der Waals surface area contributed by atoms with Crippen LogP contribution in [0.15, 0.2) is 116 Å². The molecule has 1 aromatic heterocycles. The van der Waals surface area contributed by atoms with Crippen molar-refractivity contribution in [2.24, 2.45) is 15.3 Å². The fourth-order valence-electron chi connectivity index (χ4n) is 4.06. The summed E-state index contributed by atoms with van der Waals surface area (Å²) < 4.78 is 39.3. The van der Waals surface area contributed by atoms with Crippen molar-refractivity contribution in [3.63, 3.8) is 0 Å². The van der Waals surface area contributed by atoms with E-state index >= 15 is 0 Å². The van der Waals surface area contributed by atoms with Crippen LogP contribution in [0.1, 0.15) is 16.9 Å². The predicted octanol–water partition coefficient (Wildman–Crippen LogP) is 4.46. The number of carbonyl (C=O) groups is 2. The number of amides is 2. The highest BCUT2D eigenvalue weighted by Crippen LogP contribution is 2.35. The van der Waals surface area contributed by atoms with Crippen LogP contribution in [0.2, 0.25) is 0 Å². The molecule has 12 nitrogen and oxygen atoms in total. The number of thioether (sulfide) groups is 1. The molecule has 5 rings (SSSR count). The predicted molar refractivity (Wildman–Crippen MR) is 171 cm³/mol. The number of nitrogens with two attached hydrogens (primary N) is 1. The van der Waals surface area contributed by atoms with E-state index in [0.717, 1.165) is 23.1 Å². The first-order valence-corrected chi connectivity index (χ1v) is 15.7. The minimum absolute atomic E-state index is 0.0713. The molecule has 2 heterocycles. The van der Waals surface area contributed by atoms with E-state index in [2.05, 4.69) is 15.5 Å². The molecule has 4 aromatic rings. The number of hydrogen-bond acceptors (Lipinski definition) is 10. The summed E-state index contributed by atoms with van der Waals surface area (Å²) in [5.41, 5.74) is 1.75. The second-order valence-corrected chi connectivity index (χ2v) is 12.0. The number of methoxy groups -OCH3 is 1. The number of hydrogen-bond donors (Lipinski definition) is 2. The Kier molecular flexibility index (Phi) is 9.77. The Morgan fingerprint density at radius 3 is 2.49 bits per heavy atom. The molecule has 3 N–H and O–H groups in total. The lowest BCUT2D eigenvalue weighted by Crippen LogP contribution is -2.28. The van der Waals surface area contributed by atoms with E-state index in [1.807, 2.05) is 24.3 Å². The van der Waals surface area contributed by atoms with E-state index in [9.17, 15) is 18.0 Å². The molecule has 0 atom stereocenters. The van der Waals surface area contributed by atoms with Crippen LogP contribution >= 0.6 is 11.8 Å². The van der Waals surface area contributed by atoms with E-state index in [-0.39, 0.29) is 24.0 Å². The van der Waals surface area contributed by atoms with Crippen molar-refractivity contribution in [3.05, 3.63) is 113 Å². The maximum absolute atomic E-state index is 13.5. The first kappa shape index (κ1) is 31.3. The van der Waals surface area contributed by atoms with Gasteiger partial charge < -0.3 is 19.2 Å². The van der Waals surface area contributed by atoms with E-state index in [0.29, 0.717) is 32.8 Å². The fraction of sp³-hybridized carbons (Fsp3) is 0.0968. The zero-order valence-electron chi connectivity index (χ0n) is 23.8. The minimum atomic E-state index is -3.85. The van der Waals surface area contributed by atoms with Gasteiger partial charge in [-0.05, 0) is 90.1 Å². The Labute approximate surface area is 263 Å². The van der Waals surface area contributed by atoms with Crippen LogP contribution in [0.3, 0.4) is 0 Å². The van der Waals surface area contributed by atoms with Gasteiger partial charge in [-0.15, -0.1) is 5.10 Å². The molecule has 2 amide bonds. The second kappa shape index (κ2) is 14.1. The number of ether oxygens (including phenoxy) is 2. The maximum Gasteiger partial charge on any atom is 0.267 e. The van der Waals surface area contributed by atoms with Gasteiger partial charge in [0.1, 0.15) is 17.3 Å². The molecule has 45 heavy (non-hydrogen) atoms. The van der Waals surface area contributed by atoms with Gasteiger partial charge in [-0.25, -0.2) is 13.6 Å². The quantitative estimate of drug-likeness (QED) is 0.137. The zero-order valence-corrected chi connectivity index (χ0v) is 25.5. The van der Waals surface area contributed by atoms with Gasteiger partial charge in [0.25, 0.3) is 11.8 Å². The summed E-state index contributed by atoms with van der Waals surface area (Å²) in [6.07, 6.45) is 4.77. The third-order valence-corrected chi connectivity index (χ3v) is 8.21. The number of furan rings is 1. The number of nitrogens with zero attached hydrogens (tertiary/aromatic N) is 3. The highest BCUT2D eigenvalue weighted by molar-refractivity contribution is 8.18. The van der Waals surface area contributed by atoms with Crippen LogP contribution < -0.4 is 19.9 Å². The van der Waals surface area contributed by atoms with Crippen LogP contribution in [-0.4, -0.2) is 50.2 Å². The third kappa shape index (κ3) is 8.26. The Balaban J connectivity index is 1.31. The molecule has 1 saturated heterocycles. The van der Waals surface area contributed by atoms with Crippen LogP contribution in [0.25, 0.3) is 6.08 Å². The normalized spacial score (nSPS) is 15.2. The second-order valence-electron chi connectivity index (χ2n) is 9.43. The van der Waals surface area contributed by atoms with Crippen molar-refractivity contribution in [1.82, 2.24) is 4.90 Å². The molecule has 0 aliphatic carbocycles. The monoisotopic (exact) mass is 645 g/mol. The molecule has 0 saturated carbocycles. The topological polar surface area (TPSA) is 166 Å². The Bertz CT molecular complexity index is 1870. The van der Waals surface area contributed by atoms with E-state index in [4.69, 9.17) is 19.0 Å². The molecule has 0 radical (unpaired) electrons. The lowest BCUT2D eigenvalue weighted by atomic mass is 10.2. The number of sulfonamides is 1. The summed E-state index contributed by atoms with van der Waals surface area (Å²) in [6, 6.07) is 23.2. The summed E-state index contributed by atoms with van der Waals surface area (Å²) in [4.78, 5) is 27.8. The van der Waals surface area contributed by atoms with Crippen molar-refractivity contribution in [1.29, 1.82) is 0 Å². The number of rotatable bonds is 11. The molecule has 1 fully saturated rings. The first-order chi connectivity index (χ1) is 21.7. The van der Waals surface area contributed by atoms with Gasteiger partial charge >= 0.3 is 0 Å². The molecule has 0 bridgehead atoms. The first-order valence-electron chi connectivity index (χ1n) is 13.3. The number of benzene rings is 3. The molecule has 0 spiro atoms. The van der Waals surface area contributed by atoms with Crippen molar-refractivity contribution >= 4 is 56.7 Å². The highest BCUT2D eigenvalue weighted by atomic mass is 32.2. The standard InChI is InChI=1S/C31H27N5O7S2/c1-41-24-12-8-21(9-13-24)18-33-35-31-36(19-25-6-4-16-42-25)30(38)28(44-31)17-22-5-2-3-7-27(22)43-20-29(37)34-23-10-14-26(15-11-23)45(32,39)40/h2-18H,19-20H2,1H3,(H,34,37)(H2,32,39,40)/b28-17-,33-18+,35-31-. The van der Waals surface area contributed by atoms with E-state index < -0.39 is 15.9 Å². The molecular weight excluding hydrogens is 619 g/mol. The molecule has 1 aliphatic rings. The molecular formula is C31H27N5O7S2. The van der Waals surface area contributed by atoms with Crippen LogP contribution in [0.5, 0.6) is 11.5 Å². The van der Waals surface area contributed by atoms with Crippen molar-refractivity contribution < 1.29 is 31.9 Å². The highest BCUT2D eigenvalue weighted by Gasteiger charge is 2.34. The molecule has 230 valence electrons. The van der Waals surface area contributed by atoms with Gasteiger partial charge in [-0.3, -0.25) is 14.5 Å². The van der Waals surface area contributed by atoms with Gasteiger partial charge in [-0.2, -0.15) is 5.10 Å². The lowest BCUT2D eigenvalue weighted by Gasteiger charge is -2.12. The van der Waals surface area contributed by atoms with Gasteiger partial charge in [-0.1, -0.05) is 18.2 Å². The summed E-state index contributed by atoms with van der Waals surface area (Å²) in [6.45, 7) is -0.181. The van der Waals surface area contributed by atoms with Crippen LogP contribution in [0.4, 0.5) is 5.69 Å². The smallest absolute Gasteiger partial charge is 0.267 e. The Morgan fingerprint density at radius 2 is 1.80 bits per heavy atom. The zero-order chi connectivity index (χ0) is 31.8. The van der Waals surface area contributed by atoms with Crippen molar-refractivity contribution in [3.8, 4) is 11.5 Å². The summed E-state index contributed by atoms with van der Waals surface area (Å²) in [7, 11) is -2.26. The molecule has 1 aliphatic heterocycles.